The van der Waals surface area contributed by atoms with Gasteiger partial charge in [-0.05, 0) is 49.2 Å². The minimum Gasteiger partial charge on any atom is -0.347 e. The predicted octanol–water partition coefficient (Wildman–Crippen LogP) is 4.46. The van der Waals surface area contributed by atoms with Crippen molar-refractivity contribution in [1.82, 2.24) is 10.6 Å². The number of halogens is 2. The van der Waals surface area contributed by atoms with E-state index in [1.54, 1.807) is 48.5 Å². The highest BCUT2D eigenvalue weighted by Gasteiger charge is 2.28. The number of hydrogen-bond acceptors (Lipinski definition) is 2. The minimum absolute atomic E-state index is 0.113. The third-order valence-corrected chi connectivity index (χ3v) is 5.04. The average Bonchev–Trinajstić information content (AvgIpc) is 2.63. The van der Waals surface area contributed by atoms with Crippen LogP contribution in [0.25, 0.3) is 0 Å². The molecule has 2 N–H and O–H groups in total. The smallest absolute Gasteiger partial charge is 0.251 e. The van der Waals surface area contributed by atoms with E-state index in [1.807, 2.05) is 0 Å². The molecular weight excluding hydrogens is 371 g/mol. The molecule has 1 aliphatic rings. The molecule has 0 aliphatic heterocycles. The molecule has 1 aliphatic carbocycles. The molecule has 2 aromatic rings. The molecule has 0 bridgehead atoms. The molecule has 0 aromatic heterocycles. The Morgan fingerprint density at radius 1 is 0.769 bits per heavy atom. The molecule has 2 aromatic carbocycles. The molecular formula is C20H20Cl2N2O2. The van der Waals surface area contributed by atoms with Gasteiger partial charge in [-0.2, -0.15) is 0 Å². The van der Waals surface area contributed by atoms with E-state index in [0.717, 1.165) is 25.7 Å². The highest BCUT2D eigenvalue weighted by Crippen LogP contribution is 2.20. The molecule has 2 amide bonds. The lowest BCUT2D eigenvalue weighted by Crippen LogP contribution is -2.53. The van der Waals surface area contributed by atoms with Gasteiger partial charge in [-0.15, -0.1) is 0 Å². The van der Waals surface area contributed by atoms with Crippen molar-refractivity contribution in [3.63, 3.8) is 0 Å². The summed E-state index contributed by atoms with van der Waals surface area (Å²) < 4.78 is 0. The molecule has 26 heavy (non-hydrogen) atoms. The Hall–Kier alpha value is -2.04. The van der Waals surface area contributed by atoms with Gasteiger partial charge in [-0.1, -0.05) is 48.2 Å². The first kappa shape index (κ1) is 18.7. The summed E-state index contributed by atoms with van der Waals surface area (Å²) in [5.74, 6) is -0.359. The van der Waals surface area contributed by atoms with Crippen LogP contribution in [0.5, 0.6) is 0 Å². The summed E-state index contributed by atoms with van der Waals surface area (Å²) in [6, 6.07) is 13.5. The standard InChI is InChI=1S/C20H20Cl2N2O2/c21-15-7-3-5-13(11-15)19(25)23-17-9-1-2-10-18(17)24-20(26)14-6-4-8-16(22)12-14/h3-8,11-12,17-18H,1-2,9-10H2,(H,23,25)(H,24,26). The highest BCUT2D eigenvalue weighted by atomic mass is 35.5. The van der Waals surface area contributed by atoms with Crippen molar-refractivity contribution in [3.05, 3.63) is 69.7 Å². The summed E-state index contributed by atoms with van der Waals surface area (Å²) in [4.78, 5) is 25.0. The number of carbonyl (C=O) groups is 2. The van der Waals surface area contributed by atoms with Crippen molar-refractivity contribution >= 4 is 35.0 Å². The zero-order valence-corrected chi connectivity index (χ0v) is 15.7. The molecule has 1 fully saturated rings. The maximum atomic E-state index is 12.5. The van der Waals surface area contributed by atoms with E-state index in [-0.39, 0.29) is 23.9 Å². The summed E-state index contributed by atoms with van der Waals surface area (Å²) >= 11 is 11.9. The van der Waals surface area contributed by atoms with Gasteiger partial charge >= 0.3 is 0 Å². The molecule has 6 heteroatoms. The Morgan fingerprint density at radius 2 is 1.19 bits per heavy atom. The molecule has 4 nitrogen and oxygen atoms in total. The van der Waals surface area contributed by atoms with Crippen molar-refractivity contribution in [2.75, 3.05) is 0 Å². The summed E-state index contributed by atoms with van der Waals surface area (Å²) in [6.45, 7) is 0. The number of rotatable bonds is 4. The van der Waals surface area contributed by atoms with Gasteiger partial charge in [0.15, 0.2) is 0 Å². The number of amides is 2. The highest BCUT2D eigenvalue weighted by molar-refractivity contribution is 6.31. The Morgan fingerprint density at radius 3 is 1.58 bits per heavy atom. The molecule has 3 rings (SSSR count). The fraction of sp³-hybridized carbons (Fsp3) is 0.300. The van der Waals surface area contributed by atoms with Crippen LogP contribution >= 0.6 is 23.2 Å². The minimum atomic E-state index is -0.179. The van der Waals surface area contributed by atoms with Crippen LogP contribution in [-0.4, -0.2) is 23.9 Å². The summed E-state index contributed by atoms with van der Waals surface area (Å²) in [6.07, 6.45) is 3.69. The topological polar surface area (TPSA) is 58.2 Å². The SMILES string of the molecule is O=C(NC1CCCCC1NC(=O)c1cccc(Cl)c1)c1cccc(Cl)c1. The maximum absolute atomic E-state index is 12.5. The summed E-state index contributed by atoms with van der Waals surface area (Å²) in [7, 11) is 0. The van der Waals surface area contributed by atoms with Gasteiger partial charge in [0.2, 0.25) is 0 Å². The molecule has 136 valence electrons. The van der Waals surface area contributed by atoms with Crippen LogP contribution in [0.15, 0.2) is 48.5 Å². The lowest BCUT2D eigenvalue weighted by atomic mass is 9.89. The zero-order valence-electron chi connectivity index (χ0n) is 14.2. The van der Waals surface area contributed by atoms with Gasteiger partial charge in [-0.25, -0.2) is 0 Å². The number of hydrogen-bond donors (Lipinski definition) is 2. The van der Waals surface area contributed by atoms with E-state index < -0.39 is 0 Å². The molecule has 0 radical (unpaired) electrons. The lowest BCUT2D eigenvalue weighted by Gasteiger charge is -2.33. The van der Waals surface area contributed by atoms with Crippen molar-refractivity contribution in [2.45, 2.75) is 37.8 Å². The van der Waals surface area contributed by atoms with E-state index in [0.29, 0.717) is 21.2 Å². The molecule has 0 spiro atoms. The van der Waals surface area contributed by atoms with Crippen molar-refractivity contribution in [1.29, 1.82) is 0 Å². The van der Waals surface area contributed by atoms with E-state index in [4.69, 9.17) is 23.2 Å². The predicted molar refractivity (Wildman–Crippen MR) is 104 cm³/mol. The molecule has 2 unspecified atom stereocenters. The van der Waals surface area contributed by atoms with Crippen LogP contribution in [-0.2, 0) is 0 Å². The summed E-state index contributed by atoms with van der Waals surface area (Å²) in [5.41, 5.74) is 1.03. The molecule has 2 atom stereocenters. The first-order valence-electron chi connectivity index (χ1n) is 8.66. The maximum Gasteiger partial charge on any atom is 0.251 e. The number of benzene rings is 2. The largest absolute Gasteiger partial charge is 0.347 e. The van der Waals surface area contributed by atoms with Gasteiger partial charge in [0.05, 0.1) is 0 Å². The average molecular weight is 391 g/mol. The van der Waals surface area contributed by atoms with E-state index >= 15 is 0 Å². The second-order valence-electron chi connectivity index (χ2n) is 6.47. The quantitative estimate of drug-likeness (QED) is 0.808. The van der Waals surface area contributed by atoms with Crippen LogP contribution in [0.1, 0.15) is 46.4 Å². The number of carbonyl (C=O) groups excluding carboxylic acids is 2. The second kappa shape index (κ2) is 8.56. The van der Waals surface area contributed by atoms with Crippen LogP contribution in [0.4, 0.5) is 0 Å². The van der Waals surface area contributed by atoms with E-state index in [9.17, 15) is 9.59 Å². The fourth-order valence-electron chi connectivity index (χ4n) is 3.24. The van der Waals surface area contributed by atoms with Crippen molar-refractivity contribution < 1.29 is 9.59 Å². The Bertz CT molecular complexity index is 742. The monoisotopic (exact) mass is 390 g/mol. The van der Waals surface area contributed by atoms with Crippen LogP contribution in [0, 0.1) is 0 Å². The van der Waals surface area contributed by atoms with Crippen LogP contribution < -0.4 is 10.6 Å². The molecule has 0 saturated heterocycles. The molecule has 0 heterocycles. The van der Waals surface area contributed by atoms with Gasteiger partial charge < -0.3 is 10.6 Å². The van der Waals surface area contributed by atoms with Gasteiger partial charge in [0.1, 0.15) is 0 Å². The van der Waals surface area contributed by atoms with Gasteiger partial charge in [0.25, 0.3) is 11.8 Å². The molecule has 1 saturated carbocycles. The van der Waals surface area contributed by atoms with Crippen molar-refractivity contribution in [3.8, 4) is 0 Å². The van der Waals surface area contributed by atoms with Gasteiger partial charge in [0, 0.05) is 33.3 Å². The number of nitrogens with one attached hydrogen (secondary N) is 2. The van der Waals surface area contributed by atoms with Crippen LogP contribution in [0.2, 0.25) is 10.0 Å². The van der Waals surface area contributed by atoms with E-state index in [1.165, 1.54) is 0 Å². The zero-order chi connectivity index (χ0) is 18.5. The Kier molecular flexibility index (Phi) is 6.17. The first-order valence-corrected chi connectivity index (χ1v) is 9.41. The van der Waals surface area contributed by atoms with Crippen LogP contribution in [0.3, 0.4) is 0 Å². The third kappa shape index (κ3) is 4.77. The summed E-state index contributed by atoms with van der Waals surface area (Å²) in [5, 5.41) is 7.13. The Balaban J connectivity index is 1.67. The van der Waals surface area contributed by atoms with Gasteiger partial charge in [-0.3, -0.25) is 9.59 Å². The first-order chi connectivity index (χ1) is 12.5. The third-order valence-electron chi connectivity index (χ3n) is 4.57. The Labute approximate surface area is 162 Å². The van der Waals surface area contributed by atoms with E-state index in [2.05, 4.69) is 10.6 Å². The fourth-order valence-corrected chi connectivity index (χ4v) is 3.62. The van der Waals surface area contributed by atoms with Crippen molar-refractivity contribution in [2.24, 2.45) is 0 Å². The second-order valence-corrected chi connectivity index (χ2v) is 7.34. The normalized spacial score (nSPS) is 19.6. The lowest BCUT2D eigenvalue weighted by molar-refractivity contribution is 0.0863.